The van der Waals surface area contributed by atoms with Crippen LogP contribution in [0.3, 0.4) is 0 Å². The summed E-state index contributed by atoms with van der Waals surface area (Å²) in [4.78, 5) is 29.4. The summed E-state index contributed by atoms with van der Waals surface area (Å²) in [5.41, 5.74) is 3.35. The van der Waals surface area contributed by atoms with Gasteiger partial charge in [-0.1, -0.05) is 67.9 Å². The Balaban J connectivity index is 2.10. The van der Waals surface area contributed by atoms with Gasteiger partial charge in [0.25, 0.3) is 0 Å². The Bertz CT molecular complexity index is 1450. The largest absolute Gasteiger partial charge is 0.354 e. The maximum Gasteiger partial charge on any atom is 0.304 e. The molecule has 0 heterocycles. The van der Waals surface area contributed by atoms with Gasteiger partial charge in [-0.2, -0.15) is 12.7 Å². The van der Waals surface area contributed by atoms with Crippen LogP contribution >= 0.6 is 0 Å². The molecule has 10 heteroatoms. The lowest BCUT2D eigenvalue weighted by Crippen LogP contribution is -2.54. The number of hydrogen-bond donors (Lipinski definition) is 1. The molecule has 0 aromatic heterocycles. The molecule has 226 valence electrons. The van der Waals surface area contributed by atoms with Gasteiger partial charge in [-0.15, -0.1) is 0 Å². The predicted molar refractivity (Wildman–Crippen MR) is 165 cm³/mol. The summed E-state index contributed by atoms with van der Waals surface area (Å²) in [6.07, 6.45) is 1.88. The number of nitrogens with one attached hydrogen (secondary N) is 1. The number of rotatable bonds is 14. The summed E-state index contributed by atoms with van der Waals surface area (Å²) < 4.78 is 43.0. The van der Waals surface area contributed by atoms with E-state index in [4.69, 9.17) is 0 Å². The highest BCUT2D eigenvalue weighted by Gasteiger charge is 2.35. The number of anilines is 1. The minimum atomic E-state index is -4.09. The Morgan fingerprint density at radius 2 is 1.60 bits per heavy atom. The molecule has 0 bridgehead atoms. The first-order valence-corrected chi connectivity index (χ1v) is 15.5. The molecular formula is C32H41FN4O4S. The second-order valence-corrected chi connectivity index (χ2v) is 12.7. The lowest BCUT2D eigenvalue weighted by Gasteiger charge is -2.35. The minimum absolute atomic E-state index is 0.0134. The molecule has 8 nitrogen and oxygen atoms in total. The lowest BCUT2D eigenvalue weighted by atomic mass is 10.0. The number of halogens is 1. The van der Waals surface area contributed by atoms with Crippen LogP contribution in [0.5, 0.6) is 0 Å². The molecule has 1 unspecified atom stereocenters. The van der Waals surface area contributed by atoms with E-state index in [0.717, 1.165) is 32.6 Å². The van der Waals surface area contributed by atoms with Crippen LogP contribution in [0.4, 0.5) is 10.1 Å². The van der Waals surface area contributed by atoms with E-state index in [9.17, 15) is 22.4 Å². The van der Waals surface area contributed by atoms with Gasteiger partial charge in [0, 0.05) is 33.6 Å². The number of hydrogen-bond acceptors (Lipinski definition) is 4. The third-order valence-electron chi connectivity index (χ3n) is 7.02. The fraction of sp³-hybridized carbons (Fsp3) is 0.375. The first kappa shape index (κ1) is 32.8. The molecule has 2 amide bonds. The molecule has 0 aliphatic carbocycles. The smallest absolute Gasteiger partial charge is 0.304 e. The monoisotopic (exact) mass is 596 g/mol. The Morgan fingerprint density at radius 3 is 2.21 bits per heavy atom. The van der Waals surface area contributed by atoms with Gasteiger partial charge in [-0.05, 0) is 60.7 Å². The summed E-state index contributed by atoms with van der Waals surface area (Å²) in [5.74, 6) is -1.32. The number of unbranched alkanes of at least 4 members (excludes halogenated alkanes) is 1. The molecular weight excluding hydrogens is 555 g/mol. The highest BCUT2D eigenvalue weighted by Crippen LogP contribution is 2.26. The Morgan fingerprint density at radius 1 is 0.929 bits per heavy atom. The Kier molecular flexibility index (Phi) is 11.6. The molecule has 3 aromatic rings. The maximum atomic E-state index is 14.3. The zero-order valence-electron chi connectivity index (χ0n) is 25.0. The second-order valence-electron chi connectivity index (χ2n) is 10.6. The van der Waals surface area contributed by atoms with E-state index in [0.29, 0.717) is 23.4 Å². The first-order valence-electron chi connectivity index (χ1n) is 14.1. The van der Waals surface area contributed by atoms with E-state index in [1.165, 1.54) is 31.1 Å². The van der Waals surface area contributed by atoms with Crippen molar-refractivity contribution in [3.05, 3.63) is 101 Å². The van der Waals surface area contributed by atoms with Crippen molar-refractivity contribution in [2.24, 2.45) is 0 Å². The van der Waals surface area contributed by atoms with E-state index in [1.807, 2.05) is 56.3 Å². The van der Waals surface area contributed by atoms with Crippen molar-refractivity contribution in [2.45, 2.75) is 52.6 Å². The summed E-state index contributed by atoms with van der Waals surface area (Å²) in [5, 5.41) is 2.95. The number of amides is 2. The maximum absolute atomic E-state index is 14.3. The highest BCUT2D eigenvalue weighted by molar-refractivity contribution is 7.90. The summed E-state index contributed by atoms with van der Waals surface area (Å²) in [6, 6.07) is 19.5. The van der Waals surface area contributed by atoms with Crippen LogP contribution in [0.25, 0.3) is 0 Å². The standard InChI is InChI=1S/C32H41FN4O4S/c1-6-7-19-34-32(39)30(21-26-11-9-8-10-12-26)36(22-27-15-17-28(33)18-16-27)31(38)23-37(42(40,41)35(4)5)29-20-24(2)13-14-25(29)3/h8-18,20,30H,6-7,19,21-23H2,1-5H3,(H,34,39). The third kappa shape index (κ3) is 8.62. The van der Waals surface area contributed by atoms with Crippen molar-refractivity contribution in [3.63, 3.8) is 0 Å². The average molecular weight is 597 g/mol. The first-order chi connectivity index (χ1) is 19.9. The van der Waals surface area contributed by atoms with Crippen molar-refractivity contribution >= 4 is 27.7 Å². The van der Waals surface area contributed by atoms with Crippen molar-refractivity contribution in [1.82, 2.24) is 14.5 Å². The summed E-state index contributed by atoms with van der Waals surface area (Å²) in [7, 11) is -1.27. The van der Waals surface area contributed by atoms with Crippen LogP contribution in [0.2, 0.25) is 0 Å². The molecule has 1 N–H and O–H groups in total. The summed E-state index contributed by atoms with van der Waals surface area (Å²) in [6.45, 7) is 5.56. The van der Waals surface area contributed by atoms with Crippen molar-refractivity contribution < 1.29 is 22.4 Å². The minimum Gasteiger partial charge on any atom is -0.354 e. The van der Waals surface area contributed by atoms with Gasteiger partial charge < -0.3 is 10.2 Å². The summed E-state index contributed by atoms with van der Waals surface area (Å²) >= 11 is 0. The quantitative estimate of drug-likeness (QED) is 0.275. The van der Waals surface area contributed by atoms with Crippen LogP contribution < -0.4 is 9.62 Å². The van der Waals surface area contributed by atoms with E-state index in [-0.39, 0.29) is 18.9 Å². The molecule has 0 radical (unpaired) electrons. The van der Waals surface area contributed by atoms with Gasteiger partial charge in [-0.25, -0.2) is 8.70 Å². The topological polar surface area (TPSA) is 90.0 Å². The Labute approximate surface area is 249 Å². The molecule has 3 rings (SSSR count). The molecule has 0 saturated carbocycles. The van der Waals surface area contributed by atoms with E-state index in [2.05, 4.69) is 5.32 Å². The number of nitrogens with zero attached hydrogens (tertiary/aromatic N) is 3. The fourth-order valence-corrected chi connectivity index (χ4v) is 5.65. The van der Waals surface area contributed by atoms with Crippen molar-refractivity contribution in [1.29, 1.82) is 0 Å². The van der Waals surface area contributed by atoms with E-state index in [1.54, 1.807) is 25.1 Å². The lowest BCUT2D eigenvalue weighted by molar-refractivity contribution is -0.140. The number of carbonyl (C=O) groups is 2. The molecule has 0 spiro atoms. The van der Waals surface area contributed by atoms with Crippen LogP contribution in [0, 0.1) is 19.7 Å². The zero-order chi connectivity index (χ0) is 30.9. The van der Waals surface area contributed by atoms with Gasteiger partial charge in [0.2, 0.25) is 11.8 Å². The van der Waals surface area contributed by atoms with Gasteiger partial charge in [0.1, 0.15) is 18.4 Å². The third-order valence-corrected chi connectivity index (χ3v) is 8.82. The predicted octanol–water partition coefficient (Wildman–Crippen LogP) is 4.61. The van der Waals surface area contributed by atoms with Crippen LogP contribution in [-0.2, 0) is 32.8 Å². The number of aryl methyl sites for hydroxylation is 2. The second kappa shape index (κ2) is 14.9. The number of carbonyl (C=O) groups excluding carboxylic acids is 2. The Hall–Kier alpha value is -3.76. The number of benzene rings is 3. The molecule has 3 aromatic carbocycles. The zero-order valence-corrected chi connectivity index (χ0v) is 25.8. The van der Waals surface area contributed by atoms with Gasteiger partial charge in [0.15, 0.2) is 0 Å². The average Bonchev–Trinajstić information content (AvgIpc) is 2.96. The van der Waals surface area contributed by atoms with Gasteiger partial charge in [-0.3, -0.25) is 9.59 Å². The molecule has 0 fully saturated rings. The van der Waals surface area contributed by atoms with Crippen LogP contribution in [0.1, 0.15) is 42.0 Å². The molecule has 0 aliphatic heterocycles. The van der Waals surface area contributed by atoms with Crippen LogP contribution in [-0.4, -0.2) is 62.7 Å². The SMILES string of the molecule is CCCCNC(=O)C(Cc1ccccc1)N(Cc1ccc(F)cc1)C(=O)CN(c1cc(C)ccc1C)S(=O)(=O)N(C)C. The highest BCUT2D eigenvalue weighted by atomic mass is 32.2. The van der Waals surface area contributed by atoms with E-state index >= 15 is 0 Å². The fourth-order valence-electron chi connectivity index (χ4n) is 4.54. The van der Waals surface area contributed by atoms with Gasteiger partial charge >= 0.3 is 10.2 Å². The molecule has 1 atom stereocenters. The molecule has 0 saturated heterocycles. The molecule has 0 aliphatic rings. The van der Waals surface area contributed by atoms with Crippen LogP contribution in [0.15, 0.2) is 72.8 Å². The van der Waals surface area contributed by atoms with Crippen molar-refractivity contribution in [3.8, 4) is 0 Å². The van der Waals surface area contributed by atoms with Gasteiger partial charge in [0.05, 0.1) is 5.69 Å². The van der Waals surface area contributed by atoms with E-state index < -0.39 is 34.5 Å². The molecule has 42 heavy (non-hydrogen) atoms. The normalized spacial score (nSPS) is 12.2. The van der Waals surface area contributed by atoms with Crippen molar-refractivity contribution in [2.75, 3.05) is 31.5 Å².